The molecule has 6 rings (SSSR count). The first-order valence-corrected chi connectivity index (χ1v) is 17.0. The van der Waals surface area contributed by atoms with E-state index in [9.17, 15) is 14.7 Å². The lowest BCUT2D eigenvalue weighted by atomic mass is 9.82. The van der Waals surface area contributed by atoms with E-state index in [1.807, 2.05) is 78.2 Å². The number of hydrogen-bond acceptors (Lipinski definition) is 6. The number of nitrogens with zero attached hydrogens (tertiary/aromatic N) is 2. The van der Waals surface area contributed by atoms with Crippen molar-refractivity contribution in [2.24, 2.45) is 0 Å². The molecular formula is C38H44ClN3O5. The molecule has 248 valence electrons. The Morgan fingerprint density at radius 1 is 0.979 bits per heavy atom. The van der Waals surface area contributed by atoms with Gasteiger partial charge in [-0.05, 0) is 97.2 Å². The highest BCUT2D eigenvalue weighted by Crippen LogP contribution is 2.38. The standard InChI is InChI=1S/C38H44ClN3O5/c1-24-18-34(39)36(19-25(24)2)47-17-16-46-32-12-8-28(9-13-32)33-20-30-22-41(26(3)44)23-35(40-30)37(33)38(45)42(31-10-11-31)21-29-7-5-4-6-27(29)14-15-43/h4-9,12-13,18-19,30-31,35,40,43H,10-11,14-17,20-23H2,1-3H3/t30-,35-/m1/s1. The summed E-state index contributed by atoms with van der Waals surface area (Å²) in [5, 5.41) is 13.9. The highest BCUT2D eigenvalue weighted by atomic mass is 35.5. The molecule has 0 aromatic heterocycles. The zero-order valence-electron chi connectivity index (χ0n) is 27.4. The molecule has 1 aliphatic carbocycles. The van der Waals surface area contributed by atoms with Gasteiger partial charge in [-0.25, -0.2) is 0 Å². The molecule has 0 spiro atoms. The van der Waals surface area contributed by atoms with Gasteiger partial charge in [-0.15, -0.1) is 0 Å². The van der Waals surface area contributed by atoms with Crippen molar-refractivity contribution in [1.29, 1.82) is 0 Å². The molecule has 3 aliphatic rings. The van der Waals surface area contributed by atoms with Gasteiger partial charge in [0.1, 0.15) is 24.7 Å². The van der Waals surface area contributed by atoms with Crippen molar-refractivity contribution in [1.82, 2.24) is 15.1 Å². The fourth-order valence-corrected chi connectivity index (χ4v) is 6.99. The van der Waals surface area contributed by atoms with Crippen LogP contribution in [0.3, 0.4) is 0 Å². The molecule has 2 aliphatic heterocycles. The maximum Gasteiger partial charge on any atom is 0.252 e. The quantitative estimate of drug-likeness (QED) is 0.251. The van der Waals surface area contributed by atoms with Crippen LogP contribution < -0.4 is 14.8 Å². The number of aliphatic hydroxyl groups is 1. The van der Waals surface area contributed by atoms with Gasteiger partial charge in [-0.1, -0.05) is 48.0 Å². The lowest BCUT2D eigenvalue weighted by molar-refractivity contribution is -0.132. The predicted molar refractivity (Wildman–Crippen MR) is 184 cm³/mol. The van der Waals surface area contributed by atoms with Crippen LogP contribution in [0, 0.1) is 13.8 Å². The Morgan fingerprint density at radius 2 is 1.68 bits per heavy atom. The highest BCUT2D eigenvalue weighted by Gasteiger charge is 2.43. The smallest absolute Gasteiger partial charge is 0.252 e. The number of aryl methyl sites for hydroxylation is 2. The number of amides is 2. The number of carbonyl (C=O) groups excluding carboxylic acids is 2. The molecule has 2 fully saturated rings. The molecular weight excluding hydrogens is 614 g/mol. The topological polar surface area (TPSA) is 91.3 Å². The van der Waals surface area contributed by atoms with Crippen molar-refractivity contribution in [3.8, 4) is 11.5 Å². The zero-order valence-corrected chi connectivity index (χ0v) is 28.2. The van der Waals surface area contributed by atoms with Gasteiger partial charge in [0, 0.05) is 50.8 Å². The average Bonchev–Trinajstić information content (AvgIpc) is 3.90. The summed E-state index contributed by atoms with van der Waals surface area (Å²) in [5.74, 6) is 1.41. The van der Waals surface area contributed by atoms with Crippen LogP contribution in [0.2, 0.25) is 5.02 Å². The van der Waals surface area contributed by atoms with E-state index < -0.39 is 0 Å². The lowest BCUT2D eigenvalue weighted by Gasteiger charge is -2.44. The number of nitrogens with one attached hydrogen (secondary N) is 1. The Bertz CT molecular complexity index is 1650. The summed E-state index contributed by atoms with van der Waals surface area (Å²) in [7, 11) is 0. The minimum atomic E-state index is -0.256. The molecule has 2 amide bonds. The molecule has 2 heterocycles. The minimum absolute atomic E-state index is 0.0186. The Morgan fingerprint density at radius 3 is 2.38 bits per heavy atom. The molecule has 1 saturated carbocycles. The summed E-state index contributed by atoms with van der Waals surface area (Å²) < 4.78 is 11.9. The first kappa shape index (κ1) is 33.1. The van der Waals surface area contributed by atoms with Gasteiger partial charge in [0.25, 0.3) is 5.91 Å². The van der Waals surface area contributed by atoms with Crippen molar-refractivity contribution < 1.29 is 24.2 Å². The molecule has 9 heteroatoms. The van der Waals surface area contributed by atoms with E-state index >= 15 is 0 Å². The van der Waals surface area contributed by atoms with Crippen molar-refractivity contribution in [2.45, 2.75) is 71.1 Å². The summed E-state index contributed by atoms with van der Waals surface area (Å²) in [4.78, 5) is 31.0. The summed E-state index contributed by atoms with van der Waals surface area (Å²) in [6, 6.07) is 19.8. The number of benzene rings is 3. The van der Waals surface area contributed by atoms with Crippen molar-refractivity contribution in [3.05, 3.63) is 99.1 Å². The fraction of sp³-hybridized carbons (Fsp3) is 0.421. The van der Waals surface area contributed by atoms with Crippen LogP contribution in [0.5, 0.6) is 11.5 Å². The Kier molecular flexibility index (Phi) is 10.2. The van der Waals surface area contributed by atoms with Crippen LogP contribution in [0.25, 0.3) is 5.57 Å². The summed E-state index contributed by atoms with van der Waals surface area (Å²) in [5.41, 5.74) is 7.12. The van der Waals surface area contributed by atoms with Crippen LogP contribution in [-0.2, 0) is 22.6 Å². The van der Waals surface area contributed by atoms with Gasteiger partial charge in [0.05, 0.1) is 11.1 Å². The third-order valence-corrected chi connectivity index (χ3v) is 9.83. The maximum atomic E-state index is 14.7. The van der Waals surface area contributed by atoms with E-state index in [2.05, 4.69) is 11.4 Å². The monoisotopic (exact) mass is 657 g/mol. The number of halogens is 1. The van der Waals surface area contributed by atoms with Crippen molar-refractivity contribution >= 4 is 29.0 Å². The molecule has 3 aromatic carbocycles. The lowest BCUT2D eigenvalue weighted by Crippen LogP contribution is -2.61. The van der Waals surface area contributed by atoms with Gasteiger partial charge in [-0.2, -0.15) is 0 Å². The molecule has 0 unspecified atom stereocenters. The summed E-state index contributed by atoms with van der Waals surface area (Å²) in [6.07, 6.45) is 3.15. The van der Waals surface area contributed by atoms with Gasteiger partial charge in [0.2, 0.25) is 5.91 Å². The predicted octanol–water partition coefficient (Wildman–Crippen LogP) is 5.49. The molecule has 47 heavy (non-hydrogen) atoms. The SMILES string of the molecule is CC(=O)N1C[C@H]2CC(c3ccc(OCCOc4cc(C)c(C)cc4Cl)cc3)=C(C(=O)N(Cc3ccccc3CCO)C3CC3)[C@@H](C1)N2. The van der Waals surface area contributed by atoms with E-state index in [0.29, 0.717) is 62.2 Å². The van der Waals surface area contributed by atoms with Crippen LogP contribution in [0.4, 0.5) is 0 Å². The summed E-state index contributed by atoms with van der Waals surface area (Å²) in [6.45, 7) is 7.99. The first-order chi connectivity index (χ1) is 22.7. The molecule has 1 saturated heterocycles. The van der Waals surface area contributed by atoms with E-state index in [1.54, 1.807) is 6.92 Å². The number of aliphatic hydroxyl groups excluding tert-OH is 1. The molecule has 0 radical (unpaired) electrons. The first-order valence-electron chi connectivity index (χ1n) is 16.6. The third kappa shape index (κ3) is 7.67. The Balaban J connectivity index is 1.23. The second-order valence-corrected chi connectivity index (χ2v) is 13.3. The third-order valence-electron chi connectivity index (χ3n) is 9.53. The Hall–Kier alpha value is -3.85. The van der Waals surface area contributed by atoms with Crippen molar-refractivity contribution in [3.63, 3.8) is 0 Å². The van der Waals surface area contributed by atoms with Crippen LogP contribution in [0.15, 0.2) is 66.2 Å². The molecule has 3 aromatic rings. The maximum absolute atomic E-state index is 14.7. The Labute approximate surface area is 282 Å². The van der Waals surface area contributed by atoms with Crippen LogP contribution >= 0.6 is 11.6 Å². The second kappa shape index (κ2) is 14.5. The minimum Gasteiger partial charge on any atom is -0.490 e. The van der Waals surface area contributed by atoms with Gasteiger partial charge < -0.3 is 29.7 Å². The molecule has 8 nitrogen and oxygen atoms in total. The second-order valence-electron chi connectivity index (χ2n) is 12.9. The number of piperazine rings is 1. The molecule has 2 atom stereocenters. The van der Waals surface area contributed by atoms with E-state index in [4.69, 9.17) is 21.1 Å². The number of fused-ring (bicyclic) bond motifs is 2. The van der Waals surface area contributed by atoms with E-state index in [1.165, 1.54) is 0 Å². The normalized spacial score (nSPS) is 19.0. The number of hydrogen-bond donors (Lipinski definition) is 2. The highest BCUT2D eigenvalue weighted by molar-refractivity contribution is 6.32. The number of ether oxygens (including phenoxy) is 2. The van der Waals surface area contributed by atoms with Crippen LogP contribution in [0.1, 0.15) is 54.0 Å². The zero-order chi connectivity index (χ0) is 33.1. The van der Waals surface area contributed by atoms with Gasteiger partial charge >= 0.3 is 0 Å². The summed E-state index contributed by atoms with van der Waals surface area (Å²) >= 11 is 6.35. The van der Waals surface area contributed by atoms with Gasteiger partial charge in [0.15, 0.2) is 0 Å². The van der Waals surface area contributed by atoms with E-state index in [-0.39, 0.29) is 36.5 Å². The molecule has 2 N–H and O–H groups in total. The van der Waals surface area contributed by atoms with Crippen molar-refractivity contribution in [2.75, 3.05) is 32.9 Å². The largest absolute Gasteiger partial charge is 0.490 e. The molecule has 2 bridgehead atoms. The number of carbonyl (C=O) groups is 2. The average molecular weight is 658 g/mol. The number of rotatable bonds is 12. The van der Waals surface area contributed by atoms with Gasteiger partial charge in [-0.3, -0.25) is 9.59 Å². The fourth-order valence-electron chi connectivity index (χ4n) is 6.72. The van der Waals surface area contributed by atoms with E-state index in [0.717, 1.165) is 51.8 Å². The van der Waals surface area contributed by atoms with Crippen LogP contribution in [-0.4, -0.2) is 77.8 Å².